The summed E-state index contributed by atoms with van der Waals surface area (Å²) in [5.41, 5.74) is 0.948. The van der Waals surface area contributed by atoms with Crippen LogP contribution in [0, 0.1) is 0 Å². The van der Waals surface area contributed by atoms with Crippen molar-refractivity contribution in [2.45, 2.75) is 44.7 Å². The predicted octanol–water partition coefficient (Wildman–Crippen LogP) is 4.26. The largest absolute Gasteiger partial charge is 0.494 e. The number of halogens is 4. The molecule has 166 valence electrons. The van der Waals surface area contributed by atoms with E-state index in [1.165, 1.54) is 0 Å². The molecule has 0 saturated carbocycles. The molecule has 1 heterocycles. The molecule has 1 fully saturated rings. The Morgan fingerprint density at radius 2 is 1.79 bits per heavy atom. The molecule has 29 heavy (non-hydrogen) atoms. The quantitative estimate of drug-likeness (QED) is 0.300. The number of rotatable bonds is 8. The van der Waals surface area contributed by atoms with Crippen LogP contribution < -0.4 is 15.4 Å². The molecule has 0 unspecified atom stereocenters. The average molecular weight is 529 g/mol. The number of ether oxygens (including phenoxy) is 2. The molecule has 0 atom stereocenters. The van der Waals surface area contributed by atoms with Crippen molar-refractivity contribution in [1.82, 2.24) is 10.6 Å². The maximum Gasteiger partial charge on any atom is 0.390 e. The Kier molecular flexibility index (Phi) is 11.1. The molecule has 1 saturated heterocycles. The smallest absolute Gasteiger partial charge is 0.390 e. The van der Waals surface area contributed by atoms with Crippen molar-refractivity contribution < 1.29 is 22.6 Å². The fraction of sp³-hybridized carbons (Fsp3) is 0.650. The van der Waals surface area contributed by atoms with E-state index in [0.717, 1.165) is 24.2 Å². The summed E-state index contributed by atoms with van der Waals surface area (Å²) in [5.74, 6) is 1.22. The first-order valence-corrected chi connectivity index (χ1v) is 9.78. The molecule has 0 radical (unpaired) electrons. The van der Waals surface area contributed by atoms with Gasteiger partial charge in [0, 0.05) is 31.7 Å². The van der Waals surface area contributed by atoms with Gasteiger partial charge in [0.1, 0.15) is 5.75 Å². The van der Waals surface area contributed by atoms with E-state index in [-0.39, 0.29) is 35.9 Å². The fourth-order valence-corrected chi connectivity index (χ4v) is 3.27. The van der Waals surface area contributed by atoms with Gasteiger partial charge in [-0.2, -0.15) is 13.2 Å². The highest BCUT2D eigenvalue weighted by molar-refractivity contribution is 14.0. The summed E-state index contributed by atoms with van der Waals surface area (Å²) in [5, 5.41) is 5.80. The molecule has 9 heteroatoms. The van der Waals surface area contributed by atoms with Crippen molar-refractivity contribution in [3.05, 3.63) is 29.8 Å². The van der Waals surface area contributed by atoms with Gasteiger partial charge < -0.3 is 20.1 Å². The first-order chi connectivity index (χ1) is 13.4. The van der Waals surface area contributed by atoms with E-state index in [4.69, 9.17) is 9.47 Å². The molecule has 0 aromatic heterocycles. The van der Waals surface area contributed by atoms with Gasteiger partial charge in [-0.15, -0.1) is 24.0 Å². The van der Waals surface area contributed by atoms with Crippen LogP contribution in [0.2, 0.25) is 0 Å². The molecule has 2 N–H and O–H groups in total. The number of hydrogen-bond donors (Lipinski definition) is 2. The Morgan fingerprint density at radius 3 is 2.34 bits per heavy atom. The topological polar surface area (TPSA) is 54.9 Å². The second kappa shape index (κ2) is 12.5. The van der Waals surface area contributed by atoms with Crippen LogP contribution in [0.25, 0.3) is 0 Å². The molecular weight excluding hydrogens is 498 g/mol. The number of hydrogen-bond acceptors (Lipinski definition) is 3. The van der Waals surface area contributed by atoms with Gasteiger partial charge in [0.25, 0.3) is 0 Å². The minimum Gasteiger partial charge on any atom is -0.494 e. The molecule has 0 aliphatic carbocycles. The van der Waals surface area contributed by atoms with Crippen molar-refractivity contribution in [1.29, 1.82) is 0 Å². The van der Waals surface area contributed by atoms with Crippen LogP contribution in [0.5, 0.6) is 5.75 Å². The number of guanidine groups is 1. The predicted molar refractivity (Wildman–Crippen MR) is 119 cm³/mol. The van der Waals surface area contributed by atoms with Crippen molar-refractivity contribution in [2.75, 3.05) is 39.5 Å². The fourth-order valence-electron chi connectivity index (χ4n) is 3.27. The second-order valence-corrected chi connectivity index (χ2v) is 6.84. The highest BCUT2D eigenvalue weighted by Gasteiger charge is 2.34. The van der Waals surface area contributed by atoms with Gasteiger partial charge in [0.2, 0.25) is 0 Å². The van der Waals surface area contributed by atoms with Gasteiger partial charge in [-0.1, -0.05) is 12.1 Å². The van der Waals surface area contributed by atoms with E-state index in [1.54, 1.807) is 0 Å². The maximum absolute atomic E-state index is 12.4. The summed E-state index contributed by atoms with van der Waals surface area (Å²) in [6.07, 6.45) is -3.46. The van der Waals surface area contributed by atoms with E-state index >= 15 is 0 Å². The lowest BCUT2D eigenvalue weighted by molar-refractivity contribution is -0.132. The summed E-state index contributed by atoms with van der Waals surface area (Å²) in [6.45, 7) is 6.57. The van der Waals surface area contributed by atoms with E-state index in [0.29, 0.717) is 38.9 Å². The summed E-state index contributed by atoms with van der Waals surface area (Å²) >= 11 is 0. The third-order valence-corrected chi connectivity index (χ3v) is 4.81. The zero-order valence-electron chi connectivity index (χ0n) is 17.0. The van der Waals surface area contributed by atoms with Crippen LogP contribution in [0.1, 0.15) is 38.7 Å². The Morgan fingerprint density at radius 1 is 1.14 bits per heavy atom. The van der Waals surface area contributed by atoms with Gasteiger partial charge in [-0.05, 0) is 44.4 Å². The molecule has 0 bridgehead atoms. The number of benzene rings is 1. The minimum absolute atomic E-state index is 0. The van der Waals surface area contributed by atoms with Crippen LogP contribution in [0.4, 0.5) is 13.2 Å². The Balaban J connectivity index is 0.00000420. The molecule has 0 amide bonds. The molecule has 1 aliphatic heterocycles. The summed E-state index contributed by atoms with van der Waals surface area (Å²) in [7, 11) is 0. The van der Waals surface area contributed by atoms with E-state index in [2.05, 4.69) is 27.8 Å². The number of nitrogens with one attached hydrogen (secondary N) is 2. The number of alkyl halides is 3. The number of aliphatic imine (C=N–C) groups is 1. The number of nitrogens with zero attached hydrogens (tertiary/aromatic N) is 1. The second-order valence-electron chi connectivity index (χ2n) is 6.84. The van der Waals surface area contributed by atoms with Gasteiger partial charge in [0.05, 0.1) is 19.6 Å². The molecule has 1 aliphatic rings. The van der Waals surface area contributed by atoms with E-state index in [9.17, 15) is 13.2 Å². The lowest BCUT2D eigenvalue weighted by atomic mass is 9.74. The lowest BCUT2D eigenvalue weighted by Crippen LogP contribution is -2.42. The molecule has 1 aromatic carbocycles. The monoisotopic (exact) mass is 529 g/mol. The average Bonchev–Trinajstić information content (AvgIpc) is 2.67. The van der Waals surface area contributed by atoms with E-state index in [1.807, 2.05) is 26.0 Å². The van der Waals surface area contributed by atoms with Gasteiger partial charge in [0.15, 0.2) is 5.96 Å². The van der Waals surface area contributed by atoms with Gasteiger partial charge in [-0.3, -0.25) is 4.99 Å². The van der Waals surface area contributed by atoms with E-state index < -0.39 is 12.6 Å². The van der Waals surface area contributed by atoms with Gasteiger partial charge in [-0.25, -0.2) is 0 Å². The first-order valence-electron chi connectivity index (χ1n) is 9.78. The SMILES string of the molecule is CCNC(=NCC1(c2ccc(OCC)cc2)CCOCC1)NCCC(F)(F)F.I. The maximum atomic E-state index is 12.4. The Bertz CT molecular complexity index is 618. The normalized spacial score (nSPS) is 16.7. The Labute approximate surface area is 187 Å². The third kappa shape index (κ3) is 8.57. The Hall–Kier alpha value is -1.23. The van der Waals surface area contributed by atoms with Crippen LogP contribution in [0.15, 0.2) is 29.3 Å². The molecule has 5 nitrogen and oxygen atoms in total. The summed E-state index contributed by atoms with van der Waals surface area (Å²) < 4.78 is 48.3. The standard InChI is InChI=1S/C20H30F3N3O2.HI/c1-3-24-18(25-12-9-20(21,22)23)26-15-19(10-13-27-14-11-19)16-5-7-17(8-6-16)28-4-2;/h5-8H,3-4,9-15H2,1-2H3,(H2,24,25,26);1H. The van der Waals surface area contributed by atoms with Crippen molar-refractivity contribution >= 4 is 29.9 Å². The minimum atomic E-state index is -4.19. The third-order valence-electron chi connectivity index (χ3n) is 4.81. The van der Waals surface area contributed by atoms with Crippen molar-refractivity contribution in [3.63, 3.8) is 0 Å². The highest BCUT2D eigenvalue weighted by Crippen LogP contribution is 2.36. The first kappa shape index (κ1) is 25.8. The summed E-state index contributed by atoms with van der Waals surface area (Å²) in [4.78, 5) is 4.60. The lowest BCUT2D eigenvalue weighted by Gasteiger charge is -2.36. The van der Waals surface area contributed by atoms with Crippen LogP contribution in [0.3, 0.4) is 0 Å². The molecule has 1 aromatic rings. The van der Waals surface area contributed by atoms with Crippen LogP contribution in [-0.2, 0) is 10.2 Å². The summed E-state index contributed by atoms with van der Waals surface area (Å²) in [6, 6.07) is 8.00. The molecule has 2 rings (SSSR count). The zero-order valence-corrected chi connectivity index (χ0v) is 19.3. The zero-order chi connectivity index (χ0) is 20.5. The van der Waals surface area contributed by atoms with Gasteiger partial charge >= 0.3 is 6.18 Å². The van der Waals surface area contributed by atoms with Crippen LogP contribution in [-0.4, -0.2) is 51.6 Å². The van der Waals surface area contributed by atoms with Crippen molar-refractivity contribution in [3.8, 4) is 5.75 Å². The van der Waals surface area contributed by atoms with Crippen molar-refractivity contribution in [2.24, 2.45) is 4.99 Å². The molecule has 0 spiro atoms. The van der Waals surface area contributed by atoms with Crippen LogP contribution >= 0.6 is 24.0 Å². The highest BCUT2D eigenvalue weighted by atomic mass is 127. The molecular formula is C20H31F3IN3O2.